The molecule has 2 unspecified atom stereocenters. The molecular weight excluding hydrogens is 414 g/mol. The lowest BCUT2D eigenvalue weighted by Gasteiger charge is -2.30. The molecular formula is C23H31N3O4S. The van der Waals surface area contributed by atoms with E-state index in [9.17, 15) is 14.1 Å². The first-order valence-corrected chi connectivity index (χ1v) is 12.1. The van der Waals surface area contributed by atoms with Crippen LogP contribution in [-0.2, 0) is 34.3 Å². The summed E-state index contributed by atoms with van der Waals surface area (Å²) >= 11 is 0. The van der Waals surface area contributed by atoms with E-state index in [1.165, 1.54) is 24.7 Å². The molecule has 2 N–H and O–H groups in total. The van der Waals surface area contributed by atoms with E-state index < -0.39 is 10.8 Å². The van der Waals surface area contributed by atoms with Gasteiger partial charge in [-0.1, -0.05) is 6.92 Å². The smallest absolute Gasteiger partial charge is 0.233 e. The van der Waals surface area contributed by atoms with Crippen LogP contribution in [0.3, 0.4) is 0 Å². The lowest BCUT2D eigenvalue weighted by Crippen LogP contribution is -2.33. The summed E-state index contributed by atoms with van der Waals surface area (Å²) in [6.07, 6.45) is 8.00. The molecule has 8 heteroatoms. The van der Waals surface area contributed by atoms with Gasteiger partial charge in [0.1, 0.15) is 17.3 Å². The SMILES string of the molecule is CC1CCCN(Cc2ccnc(C/C=C(\O)CNC(=O)CS(=O)Cc3ccco3)c2)C1. The first-order chi connectivity index (χ1) is 15.0. The molecule has 1 aliphatic rings. The van der Waals surface area contributed by atoms with E-state index in [-0.39, 0.29) is 29.7 Å². The molecule has 0 radical (unpaired) electrons. The van der Waals surface area contributed by atoms with E-state index in [0.717, 1.165) is 31.2 Å². The fourth-order valence-corrected chi connectivity index (χ4v) is 4.69. The van der Waals surface area contributed by atoms with Crippen molar-refractivity contribution in [3.05, 3.63) is 65.6 Å². The van der Waals surface area contributed by atoms with E-state index >= 15 is 0 Å². The predicted molar refractivity (Wildman–Crippen MR) is 121 cm³/mol. The maximum Gasteiger partial charge on any atom is 0.233 e. The zero-order valence-corrected chi connectivity index (χ0v) is 18.8. The summed E-state index contributed by atoms with van der Waals surface area (Å²) in [5.74, 6) is 1.07. The molecule has 0 saturated carbocycles. The minimum Gasteiger partial charge on any atom is -0.511 e. The predicted octanol–water partition coefficient (Wildman–Crippen LogP) is 2.96. The van der Waals surface area contributed by atoms with Crippen molar-refractivity contribution >= 4 is 16.7 Å². The van der Waals surface area contributed by atoms with Crippen LogP contribution < -0.4 is 5.32 Å². The number of nitrogens with one attached hydrogen (secondary N) is 1. The quantitative estimate of drug-likeness (QED) is 0.546. The van der Waals surface area contributed by atoms with Gasteiger partial charge in [-0.25, -0.2) is 0 Å². The van der Waals surface area contributed by atoms with Crippen LogP contribution >= 0.6 is 0 Å². The van der Waals surface area contributed by atoms with E-state index in [1.807, 2.05) is 6.07 Å². The Kier molecular flexibility index (Phi) is 8.85. The molecule has 1 aliphatic heterocycles. The van der Waals surface area contributed by atoms with Gasteiger partial charge in [0.2, 0.25) is 5.91 Å². The highest BCUT2D eigenvalue weighted by Crippen LogP contribution is 2.18. The molecule has 2 aromatic rings. The number of aromatic nitrogens is 1. The monoisotopic (exact) mass is 445 g/mol. The number of hydrogen-bond donors (Lipinski definition) is 2. The number of amides is 1. The molecule has 0 bridgehead atoms. The fraction of sp³-hybridized carbons (Fsp3) is 0.478. The van der Waals surface area contributed by atoms with E-state index in [4.69, 9.17) is 4.42 Å². The van der Waals surface area contributed by atoms with Crippen molar-refractivity contribution in [2.75, 3.05) is 25.4 Å². The molecule has 1 fully saturated rings. The van der Waals surface area contributed by atoms with Crippen LogP contribution in [0.5, 0.6) is 0 Å². The number of allylic oxidation sites excluding steroid dienone is 1. The summed E-state index contributed by atoms with van der Waals surface area (Å²) in [6.45, 7) is 5.48. The second-order valence-corrected chi connectivity index (χ2v) is 9.58. The van der Waals surface area contributed by atoms with Gasteiger partial charge in [-0.2, -0.15) is 0 Å². The number of aliphatic hydroxyl groups is 1. The Morgan fingerprint density at radius 1 is 1.45 bits per heavy atom. The van der Waals surface area contributed by atoms with Crippen molar-refractivity contribution in [2.24, 2.45) is 5.92 Å². The number of hydrogen-bond acceptors (Lipinski definition) is 6. The van der Waals surface area contributed by atoms with Crippen LogP contribution in [0, 0.1) is 5.92 Å². The van der Waals surface area contributed by atoms with Crippen molar-refractivity contribution in [1.29, 1.82) is 0 Å². The molecule has 0 aromatic carbocycles. The maximum atomic E-state index is 12.0. The number of pyridine rings is 1. The van der Waals surface area contributed by atoms with Crippen molar-refractivity contribution in [3.8, 4) is 0 Å². The van der Waals surface area contributed by atoms with Gasteiger partial charge in [0.25, 0.3) is 0 Å². The second kappa shape index (κ2) is 11.8. The number of carbonyl (C=O) groups excluding carboxylic acids is 1. The minimum absolute atomic E-state index is 0.00213. The van der Waals surface area contributed by atoms with Crippen LogP contribution in [0.25, 0.3) is 0 Å². The Morgan fingerprint density at radius 2 is 2.32 bits per heavy atom. The minimum atomic E-state index is -1.36. The first kappa shape index (κ1) is 23.2. The number of rotatable bonds is 10. The van der Waals surface area contributed by atoms with E-state index in [0.29, 0.717) is 12.2 Å². The Labute approximate surface area is 186 Å². The van der Waals surface area contributed by atoms with Gasteiger partial charge in [-0.15, -0.1) is 0 Å². The summed E-state index contributed by atoms with van der Waals surface area (Å²) in [5.41, 5.74) is 2.10. The molecule has 2 atom stereocenters. The van der Waals surface area contributed by atoms with Crippen LogP contribution in [-0.4, -0.2) is 50.5 Å². The van der Waals surface area contributed by atoms with Crippen LogP contribution in [0.1, 0.15) is 36.8 Å². The number of piperidine rings is 1. The van der Waals surface area contributed by atoms with Gasteiger partial charge < -0.3 is 14.8 Å². The zero-order valence-electron chi connectivity index (χ0n) is 18.0. The van der Waals surface area contributed by atoms with Crippen molar-refractivity contribution < 1.29 is 18.5 Å². The number of aliphatic hydroxyl groups excluding tert-OH is 1. The topological polar surface area (TPSA) is 95.7 Å². The number of nitrogens with zero attached hydrogens (tertiary/aromatic N) is 2. The van der Waals surface area contributed by atoms with E-state index in [2.05, 4.69) is 28.2 Å². The molecule has 0 spiro atoms. The third-order valence-electron chi connectivity index (χ3n) is 5.22. The van der Waals surface area contributed by atoms with Crippen molar-refractivity contribution in [3.63, 3.8) is 0 Å². The van der Waals surface area contributed by atoms with Gasteiger partial charge in [0.05, 0.1) is 18.6 Å². The van der Waals surface area contributed by atoms with Crippen LogP contribution in [0.15, 0.2) is 53.0 Å². The van der Waals surface area contributed by atoms with Gasteiger partial charge in [0.15, 0.2) is 0 Å². The average Bonchev–Trinajstić information content (AvgIpc) is 3.24. The summed E-state index contributed by atoms with van der Waals surface area (Å²) in [4.78, 5) is 18.8. The third kappa shape index (κ3) is 8.30. The molecule has 31 heavy (non-hydrogen) atoms. The fourth-order valence-electron chi connectivity index (χ4n) is 3.71. The lowest BCUT2D eigenvalue weighted by molar-refractivity contribution is -0.118. The highest BCUT2D eigenvalue weighted by molar-refractivity contribution is 7.84. The molecule has 2 aromatic heterocycles. The largest absolute Gasteiger partial charge is 0.511 e. The third-order valence-corrected chi connectivity index (χ3v) is 6.41. The van der Waals surface area contributed by atoms with Crippen LogP contribution in [0.2, 0.25) is 0 Å². The number of likely N-dealkylation sites (tertiary alicyclic amines) is 1. The van der Waals surface area contributed by atoms with Crippen molar-refractivity contribution in [1.82, 2.24) is 15.2 Å². The number of furan rings is 1. The van der Waals surface area contributed by atoms with Crippen LogP contribution in [0.4, 0.5) is 0 Å². The number of carbonyl (C=O) groups is 1. The Morgan fingerprint density at radius 3 is 3.10 bits per heavy atom. The second-order valence-electron chi connectivity index (χ2n) is 8.12. The standard InChI is InChI=1S/C23H31N3O4S/c1-18-4-2-10-26(14-18)15-19-8-9-24-20(12-19)6-7-21(27)13-25-23(28)17-31(29)16-22-5-3-11-30-22/h3,5,7-9,11-12,18,27H,2,4,6,10,13-17H2,1H3,(H,25,28)/b21-7-. The normalized spacial score (nSPS) is 18.6. The highest BCUT2D eigenvalue weighted by atomic mass is 32.2. The van der Waals surface area contributed by atoms with Gasteiger partial charge in [-0.3, -0.25) is 18.9 Å². The van der Waals surface area contributed by atoms with Gasteiger partial charge >= 0.3 is 0 Å². The Bertz CT molecular complexity index is 898. The molecule has 168 valence electrons. The molecule has 1 saturated heterocycles. The maximum absolute atomic E-state index is 12.0. The summed E-state index contributed by atoms with van der Waals surface area (Å²) in [7, 11) is -1.36. The summed E-state index contributed by atoms with van der Waals surface area (Å²) in [6, 6.07) is 7.55. The molecule has 7 nitrogen and oxygen atoms in total. The molecule has 3 heterocycles. The average molecular weight is 446 g/mol. The lowest BCUT2D eigenvalue weighted by atomic mass is 10.00. The summed E-state index contributed by atoms with van der Waals surface area (Å²) in [5, 5.41) is 12.7. The zero-order chi connectivity index (χ0) is 22.1. The van der Waals surface area contributed by atoms with Gasteiger partial charge in [0, 0.05) is 42.2 Å². The Hall–Kier alpha value is -2.45. The molecule has 1 amide bonds. The first-order valence-electron chi connectivity index (χ1n) is 10.7. The van der Waals surface area contributed by atoms with E-state index in [1.54, 1.807) is 24.4 Å². The van der Waals surface area contributed by atoms with Crippen molar-refractivity contribution in [2.45, 2.75) is 38.5 Å². The Balaban J connectivity index is 1.41. The molecule has 3 rings (SSSR count). The van der Waals surface area contributed by atoms with Gasteiger partial charge in [-0.05, 0) is 61.2 Å². The highest BCUT2D eigenvalue weighted by Gasteiger charge is 2.16. The summed E-state index contributed by atoms with van der Waals surface area (Å²) < 4.78 is 17.1. The molecule has 0 aliphatic carbocycles.